The summed E-state index contributed by atoms with van der Waals surface area (Å²) in [7, 11) is 1.73. The van der Waals surface area contributed by atoms with Crippen LogP contribution in [0.3, 0.4) is 0 Å². The number of hydrogen-bond donors (Lipinski definition) is 0. The highest BCUT2D eigenvalue weighted by Crippen LogP contribution is 2.49. The summed E-state index contributed by atoms with van der Waals surface area (Å²) in [5.74, 6) is 0.224. The highest BCUT2D eigenvalue weighted by molar-refractivity contribution is 5.81. The Labute approximate surface area is 113 Å². The number of methoxy groups -OCH3 is 1. The van der Waals surface area contributed by atoms with Crippen LogP contribution in [0.15, 0.2) is 12.2 Å². The molecule has 2 heteroatoms. The topological polar surface area (TPSA) is 26.3 Å². The number of rotatable bonds is 7. The minimum absolute atomic E-state index is 0.108. The lowest BCUT2D eigenvalue weighted by Crippen LogP contribution is -2.49. The fourth-order valence-electron chi connectivity index (χ4n) is 2.67. The SMILES string of the molecule is C=C(C)C(C)(OC)C(C)(CC)CC(C)(C)C(C)=O. The highest BCUT2D eigenvalue weighted by Gasteiger charge is 2.48. The number of hydrogen-bond acceptors (Lipinski definition) is 2. The Morgan fingerprint density at radius 1 is 1.17 bits per heavy atom. The van der Waals surface area contributed by atoms with E-state index in [0.717, 1.165) is 18.4 Å². The van der Waals surface area contributed by atoms with E-state index in [9.17, 15) is 4.79 Å². The van der Waals surface area contributed by atoms with Crippen LogP contribution in [0, 0.1) is 10.8 Å². The first-order valence-electron chi connectivity index (χ1n) is 6.69. The fraction of sp³-hybridized carbons (Fsp3) is 0.812. The molecule has 0 saturated heterocycles. The number of carbonyl (C=O) groups is 1. The van der Waals surface area contributed by atoms with Gasteiger partial charge in [0.05, 0.1) is 5.60 Å². The van der Waals surface area contributed by atoms with Gasteiger partial charge in [-0.05, 0) is 39.2 Å². The number of carbonyl (C=O) groups excluding carboxylic acids is 1. The van der Waals surface area contributed by atoms with Gasteiger partial charge in [0.15, 0.2) is 0 Å². The highest BCUT2D eigenvalue weighted by atomic mass is 16.5. The van der Waals surface area contributed by atoms with Crippen LogP contribution in [0.25, 0.3) is 0 Å². The van der Waals surface area contributed by atoms with E-state index in [0.29, 0.717) is 0 Å². The maximum Gasteiger partial charge on any atom is 0.135 e. The molecule has 0 radical (unpaired) electrons. The second kappa shape index (κ2) is 5.56. The molecule has 0 saturated carbocycles. The van der Waals surface area contributed by atoms with Crippen LogP contribution in [0.1, 0.15) is 61.3 Å². The molecule has 0 aromatic rings. The smallest absolute Gasteiger partial charge is 0.135 e. The standard InChI is InChI=1S/C16H30O2/c1-10-15(7,11-14(5,6)13(4)17)16(8,18-9)12(2)3/h2,10-11H2,1,3-9H3. The van der Waals surface area contributed by atoms with Crippen molar-refractivity contribution in [1.82, 2.24) is 0 Å². The molecular formula is C16H30O2. The van der Waals surface area contributed by atoms with Crippen LogP contribution < -0.4 is 0 Å². The average Bonchev–Trinajstić information content (AvgIpc) is 2.26. The van der Waals surface area contributed by atoms with Crippen molar-refractivity contribution in [3.63, 3.8) is 0 Å². The van der Waals surface area contributed by atoms with Crippen molar-refractivity contribution in [2.45, 2.75) is 66.9 Å². The van der Waals surface area contributed by atoms with Crippen molar-refractivity contribution in [2.75, 3.05) is 7.11 Å². The zero-order valence-electron chi connectivity index (χ0n) is 13.4. The molecule has 0 aliphatic heterocycles. The lowest BCUT2D eigenvalue weighted by molar-refractivity contribution is -0.131. The van der Waals surface area contributed by atoms with Crippen molar-refractivity contribution in [3.8, 4) is 0 Å². The lowest BCUT2D eigenvalue weighted by Gasteiger charge is -2.49. The summed E-state index contributed by atoms with van der Waals surface area (Å²) >= 11 is 0. The van der Waals surface area contributed by atoms with Gasteiger partial charge in [-0.25, -0.2) is 0 Å². The van der Waals surface area contributed by atoms with Gasteiger partial charge in [0.25, 0.3) is 0 Å². The molecule has 0 fully saturated rings. The van der Waals surface area contributed by atoms with Crippen LogP contribution in [0.4, 0.5) is 0 Å². The Hall–Kier alpha value is -0.630. The summed E-state index contributed by atoms with van der Waals surface area (Å²) in [6.45, 7) is 18.2. The van der Waals surface area contributed by atoms with E-state index in [1.807, 2.05) is 20.8 Å². The first-order chi connectivity index (χ1) is 7.97. The van der Waals surface area contributed by atoms with Gasteiger partial charge in [-0.2, -0.15) is 0 Å². The Balaban J connectivity index is 5.50. The van der Waals surface area contributed by atoms with E-state index in [4.69, 9.17) is 4.74 Å². The number of ether oxygens (including phenoxy) is 1. The zero-order valence-corrected chi connectivity index (χ0v) is 13.4. The van der Waals surface area contributed by atoms with Gasteiger partial charge in [0, 0.05) is 17.9 Å². The monoisotopic (exact) mass is 254 g/mol. The summed E-state index contributed by atoms with van der Waals surface area (Å²) in [6, 6.07) is 0. The van der Waals surface area contributed by atoms with Crippen molar-refractivity contribution < 1.29 is 9.53 Å². The van der Waals surface area contributed by atoms with Crippen LogP contribution >= 0.6 is 0 Å². The van der Waals surface area contributed by atoms with Crippen molar-refractivity contribution in [1.29, 1.82) is 0 Å². The maximum absolute atomic E-state index is 11.8. The average molecular weight is 254 g/mol. The number of ketones is 1. The van der Waals surface area contributed by atoms with Crippen LogP contribution in [0.5, 0.6) is 0 Å². The maximum atomic E-state index is 11.8. The van der Waals surface area contributed by atoms with E-state index >= 15 is 0 Å². The van der Waals surface area contributed by atoms with E-state index in [1.165, 1.54) is 0 Å². The largest absolute Gasteiger partial charge is 0.374 e. The third-order valence-electron chi connectivity index (χ3n) is 4.94. The lowest BCUT2D eigenvalue weighted by atomic mass is 9.61. The molecule has 0 amide bonds. The van der Waals surface area contributed by atoms with Gasteiger partial charge < -0.3 is 4.74 Å². The van der Waals surface area contributed by atoms with Gasteiger partial charge in [0.2, 0.25) is 0 Å². The minimum Gasteiger partial charge on any atom is -0.374 e. The van der Waals surface area contributed by atoms with Gasteiger partial charge in [-0.15, -0.1) is 0 Å². The van der Waals surface area contributed by atoms with E-state index in [2.05, 4.69) is 27.4 Å². The first kappa shape index (κ1) is 17.4. The van der Waals surface area contributed by atoms with Crippen molar-refractivity contribution in [3.05, 3.63) is 12.2 Å². The molecule has 0 N–H and O–H groups in total. The second-order valence-corrected chi connectivity index (χ2v) is 6.55. The zero-order chi connectivity index (χ0) is 14.8. The second-order valence-electron chi connectivity index (χ2n) is 6.55. The van der Waals surface area contributed by atoms with Crippen molar-refractivity contribution >= 4 is 5.78 Å². The van der Waals surface area contributed by atoms with Gasteiger partial charge in [-0.3, -0.25) is 4.79 Å². The molecule has 0 bridgehead atoms. The predicted molar refractivity (Wildman–Crippen MR) is 77.7 cm³/mol. The quantitative estimate of drug-likeness (QED) is 0.630. The van der Waals surface area contributed by atoms with Crippen LogP contribution in [-0.2, 0) is 9.53 Å². The summed E-state index contributed by atoms with van der Waals surface area (Å²) in [5, 5.41) is 0. The van der Waals surface area contributed by atoms with E-state index in [-0.39, 0.29) is 16.6 Å². The third-order valence-corrected chi connectivity index (χ3v) is 4.94. The molecule has 2 atom stereocenters. The molecule has 0 aliphatic carbocycles. The fourth-order valence-corrected chi connectivity index (χ4v) is 2.67. The molecule has 0 aromatic carbocycles. The molecule has 18 heavy (non-hydrogen) atoms. The van der Waals surface area contributed by atoms with Gasteiger partial charge in [-0.1, -0.05) is 34.3 Å². The molecule has 0 rings (SSSR count). The minimum atomic E-state index is -0.408. The number of Topliss-reactive ketones (excluding diaryl/α,β-unsaturated/α-hetero) is 1. The Kier molecular flexibility index (Phi) is 5.37. The molecule has 2 unspecified atom stereocenters. The molecular weight excluding hydrogens is 224 g/mol. The first-order valence-corrected chi connectivity index (χ1v) is 6.69. The van der Waals surface area contributed by atoms with E-state index in [1.54, 1.807) is 14.0 Å². The molecule has 0 aliphatic rings. The molecule has 0 aromatic heterocycles. The van der Waals surface area contributed by atoms with Gasteiger partial charge in [0.1, 0.15) is 5.78 Å². The third kappa shape index (κ3) is 3.03. The molecule has 0 spiro atoms. The Morgan fingerprint density at radius 2 is 1.61 bits per heavy atom. The molecule has 2 nitrogen and oxygen atoms in total. The molecule has 106 valence electrons. The summed E-state index contributed by atoms with van der Waals surface area (Å²) in [5.41, 5.74) is 0.158. The van der Waals surface area contributed by atoms with E-state index < -0.39 is 5.60 Å². The summed E-state index contributed by atoms with van der Waals surface area (Å²) in [4.78, 5) is 11.8. The van der Waals surface area contributed by atoms with Gasteiger partial charge >= 0.3 is 0 Å². The molecule has 0 heterocycles. The predicted octanol–water partition coefficient (Wildman–Crippen LogP) is 4.39. The Bertz CT molecular complexity index is 330. The summed E-state index contributed by atoms with van der Waals surface area (Å²) < 4.78 is 5.77. The van der Waals surface area contributed by atoms with Crippen molar-refractivity contribution in [2.24, 2.45) is 10.8 Å². The van der Waals surface area contributed by atoms with Crippen LogP contribution in [0.2, 0.25) is 0 Å². The Morgan fingerprint density at radius 3 is 1.83 bits per heavy atom. The normalized spacial score (nSPS) is 18.9. The van der Waals surface area contributed by atoms with Crippen LogP contribution in [-0.4, -0.2) is 18.5 Å². The summed E-state index contributed by atoms with van der Waals surface area (Å²) in [6.07, 6.45) is 1.74.